The summed E-state index contributed by atoms with van der Waals surface area (Å²) in [5.41, 5.74) is 0.0592. The fraction of sp³-hybridized carbons (Fsp3) is 0.576. The van der Waals surface area contributed by atoms with E-state index in [-0.39, 0.29) is 37.0 Å². The van der Waals surface area contributed by atoms with Crippen LogP contribution in [0.3, 0.4) is 0 Å². The highest BCUT2D eigenvalue weighted by Gasteiger charge is 2.49. The van der Waals surface area contributed by atoms with E-state index in [0.717, 1.165) is 31.4 Å². The molecule has 0 aliphatic carbocycles. The zero-order chi connectivity index (χ0) is 31.5. The smallest absolute Gasteiger partial charge is 0.319 e. The minimum absolute atomic E-state index is 0.0204. The van der Waals surface area contributed by atoms with Gasteiger partial charge in [-0.1, -0.05) is 11.6 Å². The van der Waals surface area contributed by atoms with Gasteiger partial charge in [0.05, 0.1) is 35.8 Å². The second-order valence-electron chi connectivity index (χ2n) is 13.5. The van der Waals surface area contributed by atoms with Gasteiger partial charge in [0.1, 0.15) is 29.8 Å². The van der Waals surface area contributed by atoms with Gasteiger partial charge in [-0.3, -0.25) is 15.0 Å². The molecule has 0 saturated carbocycles. The molecular weight excluding hydrogens is 619 g/mol. The van der Waals surface area contributed by atoms with Crippen LogP contribution in [0.4, 0.5) is 19.0 Å². The third-order valence-electron chi connectivity index (χ3n) is 10.3. The number of hydrogen-bond acceptors (Lipinski definition) is 8. The third kappa shape index (κ3) is 5.26. The molecule has 244 valence electrons. The van der Waals surface area contributed by atoms with Gasteiger partial charge >= 0.3 is 6.01 Å². The lowest BCUT2D eigenvalue weighted by atomic mass is 9.95. The van der Waals surface area contributed by atoms with Crippen molar-refractivity contribution in [3.05, 3.63) is 34.9 Å². The summed E-state index contributed by atoms with van der Waals surface area (Å²) in [7, 11) is 0. The summed E-state index contributed by atoms with van der Waals surface area (Å²) in [6, 6.07) is 1.78. The molecule has 4 aromatic rings. The number of anilines is 1. The molecule has 3 aromatic heterocycles. The number of pyridine rings is 1. The van der Waals surface area contributed by atoms with Gasteiger partial charge < -0.3 is 14.4 Å². The lowest BCUT2D eigenvalue weighted by molar-refractivity contribution is 0.0142. The number of ether oxygens (including phenoxy) is 2. The van der Waals surface area contributed by atoms with Gasteiger partial charge in [-0.05, 0) is 69.5 Å². The molecule has 5 aliphatic heterocycles. The fourth-order valence-electron chi connectivity index (χ4n) is 8.07. The third-order valence-corrected chi connectivity index (χ3v) is 10.7. The molecule has 5 aliphatic rings. The van der Waals surface area contributed by atoms with E-state index in [9.17, 15) is 4.39 Å². The number of benzene rings is 1. The highest BCUT2D eigenvalue weighted by Crippen LogP contribution is 2.42. The second-order valence-corrected chi connectivity index (χ2v) is 13.9. The molecule has 8 heterocycles. The maximum atomic E-state index is 17.0. The number of H-pyrrole nitrogens is 1. The van der Waals surface area contributed by atoms with Crippen LogP contribution in [0, 0.1) is 5.82 Å². The molecule has 0 amide bonds. The van der Waals surface area contributed by atoms with Crippen molar-refractivity contribution >= 4 is 39.2 Å². The Morgan fingerprint density at radius 1 is 1.09 bits per heavy atom. The number of aromatic nitrogens is 5. The summed E-state index contributed by atoms with van der Waals surface area (Å²) in [6.45, 7) is 2.31. The fourth-order valence-corrected chi connectivity index (χ4v) is 8.37. The predicted octanol–water partition coefficient (Wildman–Crippen LogP) is 6.37. The molecular formula is C33H37ClF3N7O2. The van der Waals surface area contributed by atoms with Gasteiger partial charge in [-0.2, -0.15) is 15.1 Å². The Bertz CT molecular complexity index is 1790. The zero-order valence-electron chi connectivity index (χ0n) is 25.6. The van der Waals surface area contributed by atoms with E-state index in [1.54, 1.807) is 18.5 Å². The van der Waals surface area contributed by atoms with E-state index >= 15 is 8.78 Å². The number of aromatic amines is 1. The first-order valence-electron chi connectivity index (χ1n) is 16.4. The van der Waals surface area contributed by atoms with E-state index in [4.69, 9.17) is 26.1 Å². The van der Waals surface area contributed by atoms with E-state index in [2.05, 4.69) is 25.1 Å². The Morgan fingerprint density at radius 2 is 2.00 bits per heavy atom. The number of hydrogen-bond donors (Lipinski definition) is 1. The second kappa shape index (κ2) is 11.8. The first kappa shape index (κ1) is 30.1. The molecule has 6 bridgehead atoms. The Hall–Kier alpha value is -3.22. The van der Waals surface area contributed by atoms with Crippen molar-refractivity contribution in [3.63, 3.8) is 0 Å². The van der Waals surface area contributed by atoms with Crippen molar-refractivity contribution in [2.24, 2.45) is 0 Å². The van der Waals surface area contributed by atoms with Crippen LogP contribution in [-0.4, -0.2) is 93.4 Å². The topological polar surface area (TPSA) is 92.3 Å². The monoisotopic (exact) mass is 655 g/mol. The number of rotatable bonds is 3. The van der Waals surface area contributed by atoms with Gasteiger partial charge in [0.25, 0.3) is 0 Å². The minimum Gasteiger partial charge on any atom is -0.461 e. The summed E-state index contributed by atoms with van der Waals surface area (Å²) in [4.78, 5) is 18.1. The standard InChI is InChI=1S/C33H37ClF3N7O2/c34-24-12-25-22(15-39-42-25)26-21(24)6-1-4-11-45-18-32(37)7-2-3-9-43(17-32)30-23-14-38-29(26)27(36)28(23)40-31(41-30)46-19-33-8-5-10-44(33)16-20(35)13-33/h12,14-15,20H,1-11,13,16-19H2,(H,39,42)/t20-,32+,33+/m1/s1. The molecule has 3 saturated heterocycles. The predicted molar refractivity (Wildman–Crippen MR) is 170 cm³/mol. The minimum atomic E-state index is -1.61. The average molecular weight is 656 g/mol. The van der Waals surface area contributed by atoms with Crippen molar-refractivity contribution in [1.82, 2.24) is 30.0 Å². The van der Waals surface area contributed by atoms with Crippen LogP contribution in [0.15, 0.2) is 18.5 Å². The molecule has 46 heavy (non-hydrogen) atoms. The van der Waals surface area contributed by atoms with E-state index < -0.39 is 23.2 Å². The maximum absolute atomic E-state index is 17.0. The maximum Gasteiger partial charge on any atom is 0.319 e. The van der Waals surface area contributed by atoms with E-state index in [1.807, 2.05) is 4.90 Å². The summed E-state index contributed by atoms with van der Waals surface area (Å²) < 4.78 is 60.2. The van der Waals surface area contributed by atoms with Gasteiger partial charge in [-0.15, -0.1) is 0 Å². The first-order chi connectivity index (χ1) is 22.3. The van der Waals surface area contributed by atoms with Crippen LogP contribution < -0.4 is 9.64 Å². The van der Waals surface area contributed by atoms with Gasteiger partial charge in [-0.25, -0.2) is 13.2 Å². The van der Waals surface area contributed by atoms with Crippen molar-refractivity contribution in [2.75, 3.05) is 50.9 Å². The van der Waals surface area contributed by atoms with E-state index in [0.29, 0.717) is 90.9 Å². The molecule has 0 radical (unpaired) electrons. The summed E-state index contributed by atoms with van der Waals surface area (Å²) in [6.07, 6.45) is 8.19. The Labute approximate surface area is 269 Å². The van der Waals surface area contributed by atoms with Crippen molar-refractivity contribution in [1.29, 1.82) is 0 Å². The number of nitrogens with zero attached hydrogens (tertiary/aromatic N) is 6. The molecule has 3 fully saturated rings. The van der Waals surface area contributed by atoms with Crippen LogP contribution in [0.2, 0.25) is 5.02 Å². The molecule has 1 N–H and O–H groups in total. The Balaban J connectivity index is 1.30. The van der Waals surface area contributed by atoms with Crippen LogP contribution in [0.1, 0.15) is 56.9 Å². The SMILES string of the molecule is Fc1c2ncc3c(nc(OC[C@@]45CCCN4C[C@H](F)C5)nc13)N1CCCC[C@@](F)(COCCCCc3c(Cl)cc4[nH]ncc4c3-2)C1. The molecule has 0 spiro atoms. The summed E-state index contributed by atoms with van der Waals surface area (Å²) >= 11 is 6.80. The lowest BCUT2D eigenvalue weighted by Crippen LogP contribution is -2.44. The van der Waals surface area contributed by atoms with Crippen LogP contribution >= 0.6 is 11.6 Å². The van der Waals surface area contributed by atoms with Gasteiger partial charge in [0.15, 0.2) is 11.5 Å². The number of fused-ring (bicyclic) bond motifs is 8. The Morgan fingerprint density at radius 3 is 2.91 bits per heavy atom. The number of alkyl halides is 2. The summed E-state index contributed by atoms with van der Waals surface area (Å²) in [5.74, 6) is -0.275. The average Bonchev–Trinajstić information content (AvgIpc) is 3.69. The number of nitrogens with one attached hydrogen (secondary N) is 1. The molecule has 0 unspecified atom stereocenters. The molecule has 9 rings (SSSR count). The number of halogens is 4. The van der Waals surface area contributed by atoms with Crippen molar-refractivity contribution < 1.29 is 22.6 Å². The largest absolute Gasteiger partial charge is 0.461 e. The van der Waals surface area contributed by atoms with E-state index in [1.165, 1.54) is 0 Å². The molecule has 1 aromatic carbocycles. The summed E-state index contributed by atoms with van der Waals surface area (Å²) in [5, 5.41) is 8.69. The van der Waals surface area contributed by atoms with Crippen LogP contribution in [0.5, 0.6) is 6.01 Å². The van der Waals surface area contributed by atoms with Crippen molar-refractivity contribution in [3.8, 4) is 17.3 Å². The first-order valence-corrected chi connectivity index (χ1v) is 16.7. The molecule has 9 nitrogen and oxygen atoms in total. The quantitative estimate of drug-likeness (QED) is 0.272. The normalized spacial score (nSPS) is 27.4. The van der Waals surface area contributed by atoms with Gasteiger partial charge in [0.2, 0.25) is 0 Å². The molecule has 3 atom stereocenters. The Kier molecular flexibility index (Phi) is 7.72. The lowest BCUT2D eigenvalue weighted by Gasteiger charge is -2.32. The highest BCUT2D eigenvalue weighted by molar-refractivity contribution is 6.33. The highest BCUT2D eigenvalue weighted by atomic mass is 35.5. The van der Waals surface area contributed by atoms with Crippen LogP contribution in [0.25, 0.3) is 33.1 Å². The zero-order valence-corrected chi connectivity index (χ0v) is 26.4. The molecule has 13 heteroatoms. The van der Waals surface area contributed by atoms with Crippen LogP contribution in [-0.2, 0) is 11.2 Å². The van der Waals surface area contributed by atoms with Gasteiger partial charge in [0, 0.05) is 48.3 Å². The van der Waals surface area contributed by atoms with Crippen molar-refractivity contribution in [2.45, 2.75) is 75.2 Å².